The zero-order chi connectivity index (χ0) is 23.1. The molecule has 0 radical (unpaired) electrons. The van der Waals surface area contributed by atoms with Crippen molar-refractivity contribution in [1.29, 1.82) is 0 Å². The van der Waals surface area contributed by atoms with E-state index in [4.69, 9.17) is 0 Å². The molecule has 0 bridgehead atoms. The maximum atomic E-state index is 13.9. The van der Waals surface area contributed by atoms with Gasteiger partial charge >= 0.3 is 12.4 Å². The highest BCUT2D eigenvalue weighted by Gasteiger charge is 2.63. The number of aliphatic hydroxyl groups is 1. The van der Waals surface area contributed by atoms with E-state index < -0.39 is 36.1 Å². The molecule has 1 unspecified atom stereocenters. The van der Waals surface area contributed by atoms with Gasteiger partial charge in [0.05, 0.1) is 17.8 Å². The van der Waals surface area contributed by atoms with Crippen LogP contribution < -0.4 is 5.01 Å². The van der Waals surface area contributed by atoms with E-state index in [0.29, 0.717) is 6.07 Å². The fourth-order valence-electron chi connectivity index (χ4n) is 3.20. The summed E-state index contributed by atoms with van der Waals surface area (Å²) in [5, 5.41) is 14.4. The largest absolute Gasteiger partial charge is 0.438 e. The van der Waals surface area contributed by atoms with Crippen LogP contribution in [0.25, 0.3) is 11.3 Å². The molecule has 1 aromatic heterocycles. The van der Waals surface area contributed by atoms with Gasteiger partial charge in [-0.25, -0.2) is 9.97 Å². The van der Waals surface area contributed by atoms with Crippen molar-refractivity contribution >= 4 is 11.7 Å². The van der Waals surface area contributed by atoms with Crippen molar-refractivity contribution in [2.45, 2.75) is 24.5 Å². The zero-order valence-corrected chi connectivity index (χ0v) is 16.1. The SMILES string of the molecule is OC1(C(F)(F)F)CC(c2ccccc2)=NN1c1nc(-c2ccccc2)cc(C(F)(F)F)n1. The minimum atomic E-state index is -5.27. The Morgan fingerprint density at radius 2 is 1.38 bits per heavy atom. The van der Waals surface area contributed by atoms with Crippen molar-refractivity contribution in [3.63, 3.8) is 0 Å². The number of benzene rings is 2. The molecular formula is C21H14F6N4O. The average Bonchev–Trinajstić information content (AvgIpc) is 3.13. The lowest BCUT2D eigenvalue weighted by Gasteiger charge is -2.32. The Labute approximate surface area is 177 Å². The second-order valence-electron chi connectivity index (χ2n) is 7.02. The third kappa shape index (κ3) is 3.91. The molecule has 32 heavy (non-hydrogen) atoms. The highest BCUT2D eigenvalue weighted by Crippen LogP contribution is 2.43. The standard InChI is InChI=1S/C21H14F6N4O/c22-20(23,24)17-11-15(13-7-3-1-4-8-13)28-18(29-17)31-19(32,21(25,26)27)12-16(30-31)14-9-5-2-6-10-14/h1-11,32H,12H2. The molecule has 2 heterocycles. The molecule has 0 aliphatic carbocycles. The number of rotatable bonds is 3. The summed E-state index contributed by atoms with van der Waals surface area (Å²) >= 11 is 0. The Morgan fingerprint density at radius 3 is 1.91 bits per heavy atom. The summed E-state index contributed by atoms with van der Waals surface area (Å²) in [7, 11) is 0. The minimum absolute atomic E-state index is 0.0109. The Morgan fingerprint density at radius 1 is 0.812 bits per heavy atom. The van der Waals surface area contributed by atoms with Crippen molar-refractivity contribution in [1.82, 2.24) is 9.97 Å². The van der Waals surface area contributed by atoms with Gasteiger partial charge in [-0.3, -0.25) is 0 Å². The van der Waals surface area contributed by atoms with Gasteiger partial charge in [0.25, 0.3) is 5.72 Å². The number of hydrazone groups is 1. The second kappa shape index (κ2) is 7.59. The van der Waals surface area contributed by atoms with Crippen LogP contribution in [0.2, 0.25) is 0 Å². The summed E-state index contributed by atoms with van der Waals surface area (Å²) in [6, 6.07) is 15.9. The smallest absolute Gasteiger partial charge is 0.362 e. The number of aromatic nitrogens is 2. The van der Waals surface area contributed by atoms with Gasteiger partial charge in [0, 0.05) is 5.56 Å². The Bertz CT molecular complexity index is 1150. The van der Waals surface area contributed by atoms with Gasteiger partial charge in [-0.1, -0.05) is 60.7 Å². The molecule has 4 rings (SSSR count). The topological polar surface area (TPSA) is 61.6 Å². The molecule has 0 spiro atoms. The lowest BCUT2D eigenvalue weighted by molar-refractivity contribution is -0.254. The lowest BCUT2D eigenvalue weighted by atomic mass is 10.0. The fraction of sp³-hybridized carbons (Fsp3) is 0.190. The molecule has 2 aromatic carbocycles. The van der Waals surface area contributed by atoms with Crippen molar-refractivity contribution in [2.75, 3.05) is 5.01 Å². The molecule has 0 amide bonds. The number of alkyl halides is 6. The molecule has 5 nitrogen and oxygen atoms in total. The van der Waals surface area contributed by atoms with Crippen LogP contribution in [0.15, 0.2) is 71.8 Å². The van der Waals surface area contributed by atoms with E-state index in [2.05, 4.69) is 15.1 Å². The molecule has 3 aromatic rings. The van der Waals surface area contributed by atoms with Crippen LogP contribution >= 0.6 is 0 Å². The van der Waals surface area contributed by atoms with Crippen LogP contribution in [0.3, 0.4) is 0 Å². The van der Waals surface area contributed by atoms with Crippen LogP contribution in [-0.4, -0.2) is 32.7 Å². The van der Waals surface area contributed by atoms with E-state index in [1.165, 1.54) is 36.4 Å². The molecule has 1 atom stereocenters. The quantitative estimate of drug-likeness (QED) is 0.567. The van der Waals surface area contributed by atoms with Crippen LogP contribution in [0, 0.1) is 0 Å². The number of halogens is 6. The summed E-state index contributed by atoms with van der Waals surface area (Å²) < 4.78 is 82.1. The molecule has 1 N–H and O–H groups in total. The molecule has 0 saturated carbocycles. The van der Waals surface area contributed by atoms with Crippen molar-refractivity contribution in [3.8, 4) is 11.3 Å². The maximum Gasteiger partial charge on any atom is 0.438 e. The van der Waals surface area contributed by atoms with E-state index in [-0.39, 0.29) is 27.5 Å². The first-order chi connectivity index (χ1) is 15.0. The van der Waals surface area contributed by atoms with Gasteiger partial charge < -0.3 is 5.11 Å². The van der Waals surface area contributed by atoms with E-state index in [0.717, 1.165) is 0 Å². The van der Waals surface area contributed by atoms with E-state index >= 15 is 0 Å². The van der Waals surface area contributed by atoms with Crippen LogP contribution in [-0.2, 0) is 6.18 Å². The van der Waals surface area contributed by atoms with Crippen molar-refractivity contribution < 1.29 is 31.4 Å². The normalized spacial score (nSPS) is 19.2. The molecular weight excluding hydrogens is 438 g/mol. The molecule has 1 aliphatic heterocycles. The predicted molar refractivity (Wildman–Crippen MR) is 104 cm³/mol. The summed E-state index contributed by atoms with van der Waals surface area (Å²) in [6.45, 7) is 0. The van der Waals surface area contributed by atoms with Gasteiger partial charge in [-0.15, -0.1) is 0 Å². The highest BCUT2D eigenvalue weighted by atomic mass is 19.4. The molecule has 0 fully saturated rings. The third-order valence-electron chi connectivity index (χ3n) is 4.81. The van der Waals surface area contributed by atoms with Gasteiger partial charge in [-0.2, -0.15) is 36.5 Å². The monoisotopic (exact) mass is 452 g/mol. The van der Waals surface area contributed by atoms with Gasteiger partial charge in [0.1, 0.15) is 0 Å². The number of hydrogen-bond donors (Lipinski definition) is 1. The summed E-state index contributed by atoms with van der Waals surface area (Å²) in [4.78, 5) is 7.16. The summed E-state index contributed by atoms with van der Waals surface area (Å²) in [5.74, 6) is -1.02. The van der Waals surface area contributed by atoms with Crippen LogP contribution in [0.5, 0.6) is 0 Å². The van der Waals surface area contributed by atoms with Crippen LogP contribution in [0.4, 0.5) is 32.3 Å². The van der Waals surface area contributed by atoms with Gasteiger partial charge in [0.2, 0.25) is 5.95 Å². The lowest BCUT2D eigenvalue weighted by Crippen LogP contribution is -2.55. The number of nitrogens with zero attached hydrogens (tertiary/aromatic N) is 4. The van der Waals surface area contributed by atoms with E-state index in [1.54, 1.807) is 24.3 Å². The number of hydrogen-bond acceptors (Lipinski definition) is 5. The Balaban J connectivity index is 1.91. The second-order valence-corrected chi connectivity index (χ2v) is 7.02. The average molecular weight is 452 g/mol. The molecule has 1 aliphatic rings. The summed E-state index contributed by atoms with van der Waals surface area (Å²) in [6.07, 6.45) is -11.2. The first-order valence-corrected chi connectivity index (χ1v) is 9.23. The van der Waals surface area contributed by atoms with Gasteiger partial charge in [-0.05, 0) is 11.6 Å². The van der Waals surface area contributed by atoms with E-state index in [1.807, 2.05) is 0 Å². The highest BCUT2D eigenvalue weighted by molar-refractivity contribution is 6.03. The molecule has 0 saturated heterocycles. The van der Waals surface area contributed by atoms with Crippen molar-refractivity contribution in [3.05, 3.63) is 78.0 Å². The Hall–Kier alpha value is -3.47. The molecule has 11 heteroatoms. The maximum absolute atomic E-state index is 13.9. The van der Waals surface area contributed by atoms with Crippen LogP contribution in [0.1, 0.15) is 17.7 Å². The summed E-state index contributed by atoms with van der Waals surface area (Å²) in [5.41, 5.74) is -5.04. The minimum Gasteiger partial charge on any atom is -0.362 e. The third-order valence-corrected chi connectivity index (χ3v) is 4.81. The van der Waals surface area contributed by atoms with Crippen molar-refractivity contribution in [2.24, 2.45) is 5.10 Å². The number of anilines is 1. The predicted octanol–water partition coefficient (Wildman–Crippen LogP) is 5.03. The first-order valence-electron chi connectivity index (χ1n) is 9.23. The van der Waals surface area contributed by atoms with Gasteiger partial charge in [0.15, 0.2) is 5.69 Å². The fourth-order valence-corrected chi connectivity index (χ4v) is 3.20. The Kier molecular flexibility index (Phi) is 5.16. The zero-order valence-electron chi connectivity index (χ0n) is 16.1. The molecule has 166 valence electrons. The van der Waals surface area contributed by atoms with E-state index in [9.17, 15) is 31.4 Å². The first kappa shape index (κ1) is 21.8.